The first kappa shape index (κ1) is 18.0. The Kier molecular flexibility index (Phi) is 6.63. The minimum absolute atomic E-state index is 0.0288. The third-order valence-electron chi connectivity index (χ3n) is 3.66. The summed E-state index contributed by atoms with van der Waals surface area (Å²) in [6, 6.07) is 15.6. The van der Waals surface area contributed by atoms with Gasteiger partial charge < -0.3 is 10.6 Å². The standard InChI is InChI=1S/C18H20BrClN2O/c1-12(15-4-3-5-17(20)10-15)21-11-18(23)22-13(2)14-6-8-16(19)9-7-14/h3-10,12-13,21H,11H2,1-2H3,(H,22,23)/t12-,13-/m1/s1. The summed E-state index contributed by atoms with van der Waals surface area (Å²) >= 11 is 9.40. The third kappa shape index (κ3) is 5.65. The van der Waals surface area contributed by atoms with E-state index in [2.05, 4.69) is 26.6 Å². The predicted octanol–water partition coefficient (Wildman–Crippen LogP) is 4.63. The molecule has 2 aromatic carbocycles. The highest BCUT2D eigenvalue weighted by Gasteiger charge is 2.11. The molecule has 0 radical (unpaired) electrons. The maximum Gasteiger partial charge on any atom is 0.234 e. The monoisotopic (exact) mass is 394 g/mol. The molecule has 5 heteroatoms. The summed E-state index contributed by atoms with van der Waals surface area (Å²) in [5.74, 6) is -0.0331. The molecule has 0 aliphatic carbocycles. The van der Waals surface area contributed by atoms with Gasteiger partial charge in [0.05, 0.1) is 12.6 Å². The van der Waals surface area contributed by atoms with Gasteiger partial charge in [-0.3, -0.25) is 4.79 Å². The number of hydrogen-bond donors (Lipinski definition) is 2. The lowest BCUT2D eigenvalue weighted by Gasteiger charge is -2.17. The summed E-state index contributed by atoms with van der Waals surface area (Å²) in [6.45, 7) is 4.24. The maximum absolute atomic E-state index is 12.1. The molecule has 2 aromatic rings. The van der Waals surface area contributed by atoms with Crippen LogP contribution in [0.2, 0.25) is 5.02 Å². The zero-order valence-corrected chi connectivity index (χ0v) is 15.5. The summed E-state index contributed by atoms with van der Waals surface area (Å²) in [5, 5.41) is 6.90. The smallest absolute Gasteiger partial charge is 0.234 e. The van der Waals surface area contributed by atoms with Gasteiger partial charge in [-0.2, -0.15) is 0 Å². The Morgan fingerprint density at radius 1 is 1.09 bits per heavy atom. The van der Waals surface area contributed by atoms with Crippen molar-refractivity contribution < 1.29 is 4.79 Å². The van der Waals surface area contributed by atoms with Crippen LogP contribution in [0.1, 0.15) is 37.1 Å². The van der Waals surface area contributed by atoms with Gasteiger partial charge in [-0.25, -0.2) is 0 Å². The van der Waals surface area contributed by atoms with E-state index in [1.807, 2.05) is 62.4 Å². The topological polar surface area (TPSA) is 41.1 Å². The average molecular weight is 396 g/mol. The highest BCUT2D eigenvalue weighted by Crippen LogP contribution is 2.18. The number of carbonyl (C=O) groups is 1. The Hall–Kier alpha value is -1.36. The van der Waals surface area contributed by atoms with Crippen LogP contribution in [-0.2, 0) is 4.79 Å². The quantitative estimate of drug-likeness (QED) is 0.748. The minimum Gasteiger partial charge on any atom is -0.348 e. The molecule has 3 nitrogen and oxygen atoms in total. The van der Waals surface area contributed by atoms with Crippen molar-refractivity contribution in [3.8, 4) is 0 Å². The van der Waals surface area contributed by atoms with Crippen LogP contribution in [0.3, 0.4) is 0 Å². The first-order valence-corrected chi connectivity index (χ1v) is 8.66. The summed E-state index contributed by atoms with van der Waals surface area (Å²) < 4.78 is 1.02. The Morgan fingerprint density at radius 2 is 1.78 bits per heavy atom. The van der Waals surface area contributed by atoms with E-state index in [0.29, 0.717) is 5.02 Å². The highest BCUT2D eigenvalue weighted by atomic mass is 79.9. The second-order valence-electron chi connectivity index (χ2n) is 5.50. The molecular formula is C18H20BrClN2O. The van der Waals surface area contributed by atoms with Crippen LogP contribution >= 0.6 is 27.5 Å². The molecule has 0 unspecified atom stereocenters. The van der Waals surface area contributed by atoms with E-state index in [-0.39, 0.29) is 24.5 Å². The van der Waals surface area contributed by atoms with E-state index in [4.69, 9.17) is 11.6 Å². The summed E-state index contributed by atoms with van der Waals surface area (Å²) in [6.07, 6.45) is 0. The van der Waals surface area contributed by atoms with Crippen LogP contribution in [0.25, 0.3) is 0 Å². The number of nitrogens with one attached hydrogen (secondary N) is 2. The lowest BCUT2D eigenvalue weighted by Crippen LogP contribution is -2.36. The zero-order chi connectivity index (χ0) is 16.8. The van der Waals surface area contributed by atoms with E-state index in [9.17, 15) is 4.79 Å². The van der Waals surface area contributed by atoms with E-state index in [1.165, 1.54) is 0 Å². The van der Waals surface area contributed by atoms with Gasteiger partial charge >= 0.3 is 0 Å². The third-order valence-corrected chi connectivity index (χ3v) is 4.43. The van der Waals surface area contributed by atoms with Gasteiger partial charge in [0, 0.05) is 15.5 Å². The van der Waals surface area contributed by atoms with Crippen molar-refractivity contribution in [1.29, 1.82) is 0 Å². The molecule has 0 saturated carbocycles. The molecular weight excluding hydrogens is 376 g/mol. The molecule has 0 spiro atoms. The number of amides is 1. The predicted molar refractivity (Wildman–Crippen MR) is 98.6 cm³/mol. The van der Waals surface area contributed by atoms with Gasteiger partial charge in [-0.1, -0.05) is 51.8 Å². The van der Waals surface area contributed by atoms with E-state index < -0.39 is 0 Å². The average Bonchev–Trinajstić information content (AvgIpc) is 2.53. The number of hydrogen-bond acceptors (Lipinski definition) is 2. The van der Waals surface area contributed by atoms with E-state index in [0.717, 1.165) is 15.6 Å². The number of carbonyl (C=O) groups excluding carboxylic acids is 1. The highest BCUT2D eigenvalue weighted by molar-refractivity contribution is 9.10. The van der Waals surface area contributed by atoms with Crippen LogP contribution in [0.4, 0.5) is 0 Å². The Morgan fingerprint density at radius 3 is 2.43 bits per heavy atom. The molecule has 0 aliphatic rings. The first-order valence-electron chi connectivity index (χ1n) is 7.49. The van der Waals surface area contributed by atoms with E-state index >= 15 is 0 Å². The Bertz CT molecular complexity index is 660. The first-order chi connectivity index (χ1) is 11.0. The van der Waals surface area contributed by atoms with Crippen molar-refractivity contribution in [2.24, 2.45) is 0 Å². The van der Waals surface area contributed by atoms with Crippen LogP contribution < -0.4 is 10.6 Å². The number of rotatable bonds is 6. The van der Waals surface area contributed by atoms with Gasteiger partial charge in [0.15, 0.2) is 0 Å². The van der Waals surface area contributed by atoms with Gasteiger partial charge in [0.1, 0.15) is 0 Å². The van der Waals surface area contributed by atoms with Crippen molar-refractivity contribution in [3.63, 3.8) is 0 Å². The van der Waals surface area contributed by atoms with Crippen molar-refractivity contribution in [1.82, 2.24) is 10.6 Å². The van der Waals surface area contributed by atoms with Gasteiger partial charge in [0.25, 0.3) is 0 Å². The molecule has 0 bridgehead atoms. The number of halogens is 2. The molecule has 0 aromatic heterocycles. The number of benzene rings is 2. The van der Waals surface area contributed by atoms with Crippen molar-refractivity contribution >= 4 is 33.4 Å². The van der Waals surface area contributed by atoms with Gasteiger partial charge in [-0.15, -0.1) is 0 Å². The Balaban J connectivity index is 1.83. The molecule has 1 amide bonds. The van der Waals surface area contributed by atoms with Gasteiger partial charge in [0.2, 0.25) is 5.91 Å². The fraction of sp³-hybridized carbons (Fsp3) is 0.278. The van der Waals surface area contributed by atoms with Crippen molar-refractivity contribution in [2.45, 2.75) is 25.9 Å². The molecule has 0 fully saturated rings. The van der Waals surface area contributed by atoms with E-state index in [1.54, 1.807) is 0 Å². The second kappa shape index (κ2) is 8.48. The fourth-order valence-corrected chi connectivity index (χ4v) is 2.73. The van der Waals surface area contributed by atoms with Gasteiger partial charge in [-0.05, 0) is 49.2 Å². The molecule has 2 rings (SSSR count). The van der Waals surface area contributed by atoms with Crippen LogP contribution in [0.15, 0.2) is 53.0 Å². The maximum atomic E-state index is 12.1. The fourth-order valence-electron chi connectivity index (χ4n) is 2.27. The zero-order valence-electron chi connectivity index (χ0n) is 13.1. The molecule has 23 heavy (non-hydrogen) atoms. The largest absolute Gasteiger partial charge is 0.348 e. The minimum atomic E-state index is -0.0331. The summed E-state index contributed by atoms with van der Waals surface area (Å²) in [4.78, 5) is 12.1. The van der Waals surface area contributed by atoms with Crippen LogP contribution in [-0.4, -0.2) is 12.5 Å². The van der Waals surface area contributed by atoms with Crippen LogP contribution in [0.5, 0.6) is 0 Å². The second-order valence-corrected chi connectivity index (χ2v) is 6.85. The van der Waals surface area contributed by atoms with Crippen LogP contribution in [0, 0.1) is 0 Å². The van der Waals surface area contributed by atoms with Crippen molar-refractivity contribution in [3.05, 3.63) is 69.2 Å². The molecule has 122 valence electrons. The Labute approximate surface area is 150 Å². The normalized spacial score (nSPS) is 13.4. The summed E-state index contributed by atoms with van der Waals surface area (Å²) in [7, 11) is 0. The summed E-state index contributed by atoms with van der Waals surface area (Å²) in [5.41, 5.74) is 2.13. The molecule has 0 heterocycles. The SMILES string of the molecule is C[C@@H](NCC(=O)N[C@H](C)c1ccc(Br)cc1)c1cccc(Cl)c1. The molecule has 2 N–H and O–H groups in total. The lowest BCUT2D eigenvalue weighted by atomic mass is 10.1. The molecule has 0 saturated heterocycles. The van der Waals surface area contributed by atoms with Crippen molar-refractivity contribution in [2.75, 3.05) is 6.54 Å². The molecule has 2 atom stereocenters. The molecule has 0 aliphatic heterocycles. The lowest BCUT2D eigenvalue weighted by molar-refractivity contribution is -0.121.